The van der Waals surface area contributed by atoms with E-state index in [-0.39, 0.29) is 12.4 Å². The van der Waals surface area contributed by atoms with Crippen molar-refractivity contribution in [3.8, 4) is 0 Å². The second kappa shape index (κ2) is 8.51. The van der Waals surface area contributed by atoms with Gasteiger partial charge in [0.15, 0.2) is 0 Å². The van der Waals surface area contributed by atoms with E-state index < -0.39 is 11.9 Å². The van der Waals surface area contributed by atoms with Gasteiger partial charge in [0, 0.05) is 0 Å². The SMILES string of the molecule is CC(=O)C(CCCC(C)C)C(=O)OCc1ccccc1. The van der Waals surface area contributed by atoms with Gasteiger partial charge in [-0.3, -0.25) is 9.59 Å². The van der Waals surface area contributed by atoms with Crippen LogP contribution in [-0.4, -0.2) is 11.8 Å². The van der Waals surface area contributed by atoms with Crippen molar-refractivity contribution in [2.24, 2.45) is 11.8 Å². The second-order valence-electron chi connectivity index (χ2n) is 5.58. The maximum Gasteiger partial charge on any atom is 0.316 e. The van der Waals surface area contributed by atoms with Crippen LogP contribution in [0.1, 0.15) is 45.6 Å². The van der Waals surface area contributed by atoms with Gasteiger partial charge in [-0.15, -0.1) is 0 Å². The first-order valence-corrected chi connectivity index (χ1v) is 7.21. The molecule has 3 nitrogen and oxygen atoms in total. The highest BCUT2D eigenvalue weighted by atomic mass is 16.5. The summed E-state index contributed by atoms with van der Waals surface area (Å²) in [4.78, 5) is 23.6. The van der Waals surface area contributed by atoms with E-state index in [1.54, 1.807) is 0 Å². The summed E-state index contributed by atoms with van der Waals surface area (Å²) in [5.74, 6) is -0.530. The molecule has 0 aliphatic carbocycles. The van der Waals surface area contributed by atoms with Crippen LogP contribution in [0.4, 0.5) is 0 Å². The molecule has 20 heavy (non-hydrogen) atoms. The van der Waals surface area contributed by atoms with E-state index in [1.807, 2.05) is 30.3 Å². The first kappa shape index (κ1) is 16.4. The zero-order valence-corrected chi connectivity index (χ0v) is 12.6. The van der Waals surface area contributed by atoms with E-state index >= 15 is 0 Å². The molecule has 0 radical (unpaired) electrons. The van der Waals surface area contributed by atoms with Crippen LogP contribution >= 0.6 is 0 Å². The van der Waals surface area contributed by atoms with Gasteiger partial charge < -0.3 is 4.74 Å². The summed E-state index contributed by atoms with van der Waals surface area (Å²) in [7, 11) is 0. The molecule has 1 unspecified atom stereocenters. The first-order valence-electron chi connectivity index (χ1n) is 7.21. The van der Waals surface area contributed by atoms with E-state index in [1.165, 1.54) is 6.92 Å². The Morgan fingerprint density at radius 3 is 2.30 bits per heavy atom. The molecule has 0 amide bonds. The predicted octanol–water partition coefficient (Wildman–Crippen LogP) is 3.76. The number of ether oxygens (including phenoxy) is 1. The van der Waals surface area contributed by atoms with E-state index in [4.69, 9.17) is 4.74 Å². The molecule has 1 atom stereocenters. The van der Waals surface area contributed by atoms with Gasteiger partial charge >= 0.3 is 5.97 Å². The quantitative estimate of drug-likeness (QED) is 0.536. The van der Waals surface area contributed by atoms with Gasteiger partial charge in [-0.25, -0.2) is 0 Å². The Hall–Kier alpha value is -1.64. The topological polar surface area (TPSA) is 43.4 Å². The monoisotopic (exact) mass is 276 g/mol. The lowest BCUT2D eigenvalue weighted by atomic mass is 9.95. The normalized spacial score (nSPS) is 12.2. The molecule has 0 saturated carbocycles. The standard InChI is InChI=1S/C17H24O3/c1-13(2)8-7-11-16(14(3)18)17(19)20-12-15-9-5-4-6-10-15/h4-6,9-10,13,16H,7-8,11-12H2,1-3H3. The Morgan fingerprint density at radius 2 is 1.75 bits per heavy atom. The van der Waals surface area contributed by atoms with Crippen molar-refractivity contribution in [2.45, 2.75) is 46.6 Å². The third kappa shape index (κ3) is 6.00. The van der Waals surface area contributed by atoms with Crippen LogP contribution in [-0.2, 0) is 20.9 Å². The molecular formula is C17H24O3. The van der Waals surface area contributed by atoms with Crippen LogP contribution < -0.4 is 0 Å². The summed E-state index contributed by atoms with van der Waals surface area (Å²) in [5.41, 5.74) is 0.935. The summed E-state index contributed by atoms with van der Waals surface area (Å²) < 4.78 is 5.25. The minimum Gasteiger partial charge on any atom is -0.460 e. The summed E-state index contributed by atoms with van der Waals surface area (Å²) in [6, 6.07) is 9.50. The number of carbonyl (C=O) groups is 2. The van der Waals surface area contributed by atoms with Gasteiger partial charge in [-0.05, 0) is 24.8 Å². The Kier molecular flexibility index (Phi) is 6.99. The molecule has 0 aliphatic rings. The van der Waals surface area contributed by atoms with Crippen molar-refractivity contribution in [3.05, 3.63) is 35.9 Å². The third-order valence-corrected chi connectivity index (χ3v) is 3.27. The second-order valence-corrected chi connectivity index (χ2v) is 5.58. The Labute approximate surface area is 121 Å². The van der Waals surface area contributed by atoms with Crippen molar-refractivity contribution in [1.82, 2.24) is 0 Å². The number of Topliss-reactive ketones (excluding diaryl/α,β-unsaturated/α-hetero) is 1. The summed E-state index contributed by atoms with van der Waals surface area (Å²) >= 11 is 0. The summed E-state index contributed by atoms with van der Waals surface area (Å²) in [6.07, 6.45) is 2.49. The zero-order chi connectivity index (χ0) is 15.0. The van der Waals surface area contributed by atoms with Crippen molar-refractivity contribution < 1.29 is 14.3 Å². The molecule has 1 aromatic rings. The van der Waals surface area contributed by atoms with Crippen molar-refractivity contribution in [2.75, 3.05) is 0 Å². The van der Waals surface area contributed by atoms with Gasteiger partial charge in [0.25, 0.3) is 0 Å². The molecule has 1 aromatic carbocycles. The highest BCUT2D eigenvalue weighted by Gasteiger charge is 2.24. The Morgan fingerprint density at radius 1 is 1.10 bits per heavy atom. The van der Waals surface area contributed by atoms with Crippen molar-refractivity contribution >= 4 is 11.8 Å². The molecule has 0 aliphatic heterocycles. The average molecular weight is 276 g/mol. The van der Waals surface area contributed by atoms with Crippen LogP contribution in [0, 0.1) is 11.8 Å². The van der Waals surface area contributed by atoms with Crippen molar-refractivity contribution in [3.63, 3.8) is 0 Å². The number of ketones is 1. The molecular weight excluding hydrogens is 252 g/mol. The highest BCUT2D eigenvalue weighted by molar-refractivity contribution is 5.97. The van der Waals surface area contributed by atoms with Gasteiger partial charge in [0.1, 0.15) is 18.3 Å². The molecule has 0 saturated heterocycles. The number of carbonyl (C=O) groups excluding carboxylic acids is 2. The lowest BCUT2D eigenvalue weighted by Crippen LogP contribution is -2.24. The molecule has 0 aromatic heterocycles. The molecule has 3 heteroatoms. The molecule has 0 spiro atoms. The zero-order valence-electron chi connectivity index (χ0n) is 12.6. The Bertz CT molecular complexity index is 423. The van der Waals surface area contributed by atoms with E-state index in [9.17, 15) is 9.59 Å². The highest BCUT2D eigenvalue weighted by Crippen LogP contribution is 2.16. The number of benzene rings is 1. The van der Waals surface area contributed by atoms with Crippen LogP contribution in [0.15, 0.2) is 30.3 Å². The predicted molar refractivity (Wildman–Crippen MR) is 79.1 cm³/mol. The minimum atomic E-state index is -0.613. The number of esters is 1. The smallest absolute Gasteiger partial charge is 0.316 e. The molecule has 110 valence electrons. The van der Waals surface area contributed by atoms with E-state index in [0.717, 1.165) is 18.4 Å². The van der Waals surface area contributed by atoms with Crippen LogP contribution in [0.3, 0.4) is 0 Å². The maximum atomic E-state index is 12.0. The molecule has 1 rings (SSSR count). The van der Waals surface area contributed by atoms with Gasteiger partial charge in [-0.2, -0.15) is 0 Å². The summed E-state index contributed by atoms with van der Waals surface area (Å²) in [5, 5.41) is 0. The fraction of sp³-hybridized carbons (Fsp3) is 0.529. The lowest BCUT2D eigenvalue weighted by Gasteiger charge is -2.14. The Balaban J connectivity index is 2.45. The number of hydrogen-bond acceptors (Lipinski definition) is 3. The van der Waals surface area contributed by atoms with Crippen LogP contribution in [0.2, 0.25) is 0 Å². The van der Waals surface area contributed by atoms with E-state index in [2.05, 4.69) is 13.8 Å². The lowest BCUT2D eigenvalue weighted by molar-refractivity contribution is -0.153. The summed E-state index contributed by atoms with van der Waals surface area (Å²) in [6.45, 7) is 5.96. The maximum absolute atomic E-state index is 12.0. The molecule has 0 N–H and O–H groups in total. The fourth-order valence-electron chi connectivity index (χ4n) is 2.05. The number of rotatable bonds is 8. The number of hydrogen-bond donors (Lipinski definition) is 0. The fourth-order valence-corrected chi connectivity index (χ4v) is 2.05. The molecule has 0 bridgehead atoms. The average Bonchev–Trinajstić information content (AvgIpc) is 2.41. The van der Waals surface area contributed by atoms with Crippen molar-refractivity contribution in [1.29, 1.82) is 0 Å². The molecule has 0 fully saturated rings. The van der Waals surface area contributed by atoms with Gasteiger partial charge in [0.2, 0.25) is 0 Å². The minimum absolute atomic E-state index is 0.105. The molecule has 0 heterocycles. The third-order valence-electron chi connectivity index (χ3n) is 3.27. The van der Waals surface area contributed by atoms with Crippen LogP contribution in [0.25, 0.3) is 0 Å². The van der Waals surface area contributed by atoms with Gasteiger partial charge in [0.05, 0.1) is 0 Å². The van der Waals surface area contributed by atoms with E-state index in [0.29, 0.717) is 12.3 Å². The van der Waals surface area contributed by atoms with Crippen LogP contribution in [0.5, 0.6) is 0 Å². The largest absolute Gasteiger partial charge is 0.460 e. The van der Waals surface area contributed by atoms with Gasteiger partial charge in [-0.1, -0.05) is 57.0 Å². The first-order chi connectivity index (χ1) is 9.50.